The molecule has 0 unspecified atom stereocenters. The second-order valence-electron chi connectivity index (χ2n) is 8.35. The first kappa shape index (κ1) is 23.8. The molecule has 0 amide bonds. The van der Waals surface area contributed by atoms with E-state index in [4.69, 9.17) is 9.47 Å². The Labute approximate surface area is 205 Å². The molecule has 1 aromatic heterocycles. The van der Waals surface area contributed by atoms with E-state index in [2.05, 4.69) is 56.9 Å². The van der Waals surface area contributed by atoms with Gasteiger partial charge in [-0.3, -0.25) is 0 Å². The van der Waals surface area contributed by atoms with Gasteiger partial charge in [0.2, 0.25) is 17.8 Å². The zero-order valence-corrected chi connectivity index (χ0v) is 20.9. The van der Waals surface area contributed by atoms with Crippen molar-refractivity contribution < 1.29 is 9.47 Å². The first-order valence-corrected chi connectivity index (χ1v) is 11.3. The minimum absolute atomic E-state index is 0.406. The highest BCUT2D eigenvalue weighted by Gasteiger charge is 2.10. The number of ether oxygens (including phenoxy) is 2. The summed E-state index contributed by atoms with van der Waals surface area (Å²) in [7, 11) is 3.32. The molecule has 0 atom stereocenters. The summed E-state index contributed by atoms with van der Waals surface area (Å²) >= 11 is 0. The van der Waals surface area contributed by atoms with Crippen LogP contribution in [0.2, 0.25) is 0 Å². The topological polar surface area (TPSA) is 93.2 Å². The van der Waals surface area contributed by atoms with Gasteiger partial charge >= 0.3 is 0 Å². The minimum atomic E-state index is 0.406. The van der Waals surface area contributed by atoms with Crippen molar-refractivity contribution in [1.29, 1.82) is 0 Å². The van der Waals surface area contributed by atoms with Crippen LogP contribution >= 0.6 is 0 Å². The number of nitrogens with one attached hydrogen (secondary N) is 3. The summed E-state index contributed by atoms with van der Waals surface area (Å²) in [5.74, 6) is 2.87. The maximum absolute atomic E-state index is 5.37. The molecular formula is C27H30N6O2. The number of benzene rings is 3. The second-order valence-corrected chi connectivity index (χ2v) is 8.35. The number of hydrogen-bond acceptors (Lipinski definition) is 8. The van der Waals surface area contributed by atoms with Crippen molar-refractivity contribution in [3.63, 3.8) is 0 Å². The monoisotopic (exact) mass is 470 g/mol. The van der Waals surface area contributed by atoms with E-state index in [0.717, 1.165) is 39.7 Å². The molecule has 1 heterocycles. The van der Waals surface area contributed by atoms with Crippen molar-refractivity contribution in [1.82, 2.24) is 15.0 Å². The van der Waals surface area contributed by atoms with Crippen LogP contribution in [0.1, 0.15) is 22.3 Å². The van der Waals surface area contributed by atoms with Crippen LogP contribution in [-0.2, 0) is 0 Å². The molecule has 0 fully saturated rings. The second kappa shape index (κ2) is 10.3. The molecule has 3 aromatic carbocycles. The van der Waals surface area contributed by atoms with Crippen LogP contribution in [0.5, 0.6) is 11.5 Å². The quantitative estimate of drug-likeness (QED) is 0.274. The third kappa shape index (κ3) is 5.78. The maximum atomic E-state index is 5.37. The van der Waals surface area contributed by atoms with E-state index in [-0.39, 0.29) is 0 Å². The Balaban J connectivity index is 1.67. The van der Waals surface area contributed by atoms with Crippen LogP contribution in [-0.4, -0.2) is 29.2 Å². The van der Waals surface area contributed by atoms with Crippen LogP contribution in [0.25, 0.3) is 0 Å². The number of nitrogens with zero attached hydrogens (tertiary/aromatic N) is 3. The highest BCUT2D eigenvalue weighted by molar-refractivity contribution is 5.64. The van der Waals surface area contributed by atoms with Gasteiger partial charge in [-0.05, 0) is 98.5 Å². The molecule has 8 heteroatoms. The van der Waals surface area contributed by atoms with E-state index in [1.165, 1.54) is 11.1 Å². The van der Waals surface area contributed by atoms with E-state index < -0.39 is 0 Å². The van der Waals surface area contributed by atoms with Crippen LogP contribution in [0.15, 0.2) is 54.6 Å². The van der Waals surface area contributed by atoms with Gasteiger partial charge in [0, 0.05) is 17.1 Å². The summed E-state index contributed by atoms with van der Waals surface area (Å²) in [5, 5.41) is 9.86. The highest BCUT2D eigenvalue weighted by Crippen LogP contribution is 2.27. The smallest absolute Gasteiger partial charge is 0.233 e. The highest BCUT2D eigenvalue weighted by atomic mass is 16.5. The molecule has 180 valence electrons. The molecular weight excluding hydrogens is 440 g/mol. The first-order valence-electron chi connectivity index (χ1n) is 11.3. The predicted octanol–water partition coefficient (Wildman–Crippen LogP) is 6.35. The third-order valence-corrected chi connectivity index (χ3v) is 5.70. The molecule has 0 spiro atoms. The van der Waals surface area contributed by atoms with E-state index in [1.54, 1.807) is 14.2 Å². The normalized spacial score (nSPS) is 10.6. The number of rotatable bonds is 8. The number of anilines is 6. The van der Waals surface area contributed by atoms with E-state index in [0.29, 0.717) is 17.8 Å². The lowest BCUT2D eigenvalue weighted by molar-refractivity contribution is 0.411. The van der Waals surface area contributed by atoms with Crippen molar-refractivity contribution in [2.45, 2.75) is 27.7 Å². The van der Waals surface area contributed by atoms with Crippen molar-refractivity contribution in [2.75, 3.05) is 30.2 Å². The minimum Gasteiger partial charge on any atom is -0.496 e. The van der Waals surface area contributed by atoms with Crippen LogP contribution in [0.3, 0.4) is 0 Å². The average molecular weight is 471 g/mol. The summed E-state index contributed by atoms with van der Waals surface area (Å²) in [6.45, 7) is 8.14. The van der Waals surface area contributed by atoms with Gasteiger partial charge in [0.15, 0.2) is 0 Å². The first-order chi connectivity index (χ1) is 16.8. The fraction of sp³-hybridized carbons (Fsp3) is 0.222. The summed E-state index contributed by atoms with van der Waals surface area (Å²) in [5.41, 5.74) is 7.01. The molecule has 4 rings (SSSR count). The molecule has 0 radical (unpaired) electrons. The lowest BCUT2D eigenvalue weighted by Crippen LogP contribution is -2.07. The van der Waals surface area contributed by atoms with Gasteiger partial charge in [0.05, 0.1) is 14.2 Å². The van der Waals surface area contributed by atoms with E-state index in [1.807, 2.05) is 56.3 Å². The Morgan fingerprint density at radius 2 is 0.857 bits per heavy atom. The van der Waals surface area contributed by atoms with Gasteiger partial charge in [0.25, 0.3) is 0 Å². The Morgan fingerprint density at radius 1 is 0.486 bits per heavy atom. The molecule has 0 saturated heterocycles. The summed E-state index contributed by atoms with van der Waals surface area (Å²) in [4.78, 5) is 13.8. The summed E-state index contributed by atoms with van der Waals surface area (Å²) in [6, 6.07) is 17.8. The van der Waals surface area contributed by atoms with Crippen molar-refractivity contribution in [3.05, 3.63) is 76.9 Å². The Hall–Kier alpha value is -4.33. The molecule has 35 heavy (non-hydrogen) atoms. The van der Waals surface area contributed by atoms with E-state index >= 15 is 0 Å². The van der Waals surface area contributed by atoms with Crippen LogP contribution in [0, 0.1) is 27.7 Å². The van der Waals surface area contributed by atoms with Crippen molar-refractivity contribution in [3.8, 4) is 11.5 Å². The zero-order chi connectivity index (χ0) is 24.9. The molecule has 0 aliphatic rings. The third-order valence-electron chi connectivity index (χ3n) is 5.70. The van der Waals surface area contributed by atoms with E-state index in [9.17, 15) is 0 Å². The Morgan fingerprint density at radius 3 is 1.20 bits per heavy atom. The largest absolute Gasteiger partial charge is 0.496 e. The molecule has 0 aliphatic carbocycles. The van der Waals surface area contributed by atoms with Crippen molar-refractivity contribution >= 4 is 34.9 Å². The van der Waals surface area contributed by atoms with Crippen LogP contribution in [0.4, 0.5) is 34.9 Å². The van der Waals surface area contributed by atoms with Gasteiger partial charge in [-0.2, -0.15) is 15.0 Å². The lowest BCUT2D eigenvalue weighted by Gasteiger charge is -2.13. The summed E-state index contributed by atoms with van der Waals surface area (Å²) < 4.78 is 10.7. The molecule has 0 bridgehead atoms. The number of hydrogen-bond donors (Lipinski definition) is 3. The molecule has 0 aliphatic heterocycles. The number of aromatic nitrogens is 3. The SMILES string of the molecule is COc1ccc(Nc2nc(Nc3ccc(C)c(C)c3)nc(Nc3ccc(OC)c(C)c3)n2)cc1C. The molecule has 3 N–H and O–H groups in total. The molecule has 8 nitrogen and oxygen atoms in total. The maximum Gasteiger partial charge on any atom is 0.233 e. The van der Waals surface area contributed by atoms with Gasteiger partial charge in [-0.1, -0.05) is 6.07 Å². The van der Waals surface area contributed by atoms with Crippen LogP contribution < -0.4 is 25.4 Å². The number of aryl methyl sites for hydroxylation is 4. The Kier molecular flexibility index (Phi) is 7.01. The van der Waals surface area contributed by atoms with Gasteiger partial charge in [-0.15, -0.1) is 0 Å². The summed E-state index contributed by atoms with van der Waals surface area (Å²) in [6.07, 6.45) is 0. The standard InChI is InChI=1S/C27H30N6O2/c1-16-7-8-20(13-17(16)2)28-25-31-26(29-21-9-11-23(34-5)18(3)14-21)33-27(32-25)30-22-10-12-24(35-6)19(4)15-22/h7-15H,1-6H3,(H3,28,29,30,31,32,33). The predicted molar refractivity (Wildman–Crippen MR) is 141 cm³/mol. The fourth-order valence-corrected chi connectivity index (χ4v) is 3.66. The molecule has 4 aromatic rings. The van der Waals surface area contributed by atoms with Gasteiger partial charge in [-0.25, -0.2) is 0 Å². The number of methoxy groups -OCH3 is 2. The average Bonchev–Trinajstić information content (AvgIpc) is 2.82. The zero-order valence-electron chi connectivity index (χ0n) is 20.9. The van der Waals surface area contributed by atoms with Gasteiger partial charge < -0.3 is 25.4 Å². The molecule has 0 saturated carbocycles. The fourth-order valence-electron chi connectivity index (χ4n) is 3.66. The Bertz CT molecular complexity index is 1280. The van der Waals surface area contributed by atoms with Gasteiger partial charge in [0.1, 0.15) is 11.5 Å². The lowest BCUT2D eigenvalue weighted by atomic mass is 10.1. The van der Waals surface area contributed by atoms with Crippen molar-refractivity contribution in [2.24, 2.45) is 0 Å².